The van der Waals surface area contributed by atoms with Crippen LogP contribution in [0.25, 0.3) is 33.3 Å². The first-order valence-electron chi connectivity index (χ1n) is 9.76. The largest absolute Gasteiger partial charge is 0.369 e. The first-order valence-corrected chi connectivity index (χ1v) is 9.76. The molecule has 148 valence electrons. The predicted molar refractivity (Wildman–Crippen MR) is 114 cm³/mol. The van der Waals surface area contributed by atoms with Crippen LogP contribution in [0.2, 0.25) is 0 Å². The summed E-state index contributed by atoms with van der Waals surface area (Å²) in [6.45, 7) is 5.78. The molecule has 3 heterocycles. The number of imidazole rings is 1. The van der Waals surface area contributed by atoms with Crippen LogP contribution in [0, 0.1) is 12.7 Å². The highest BCUT2D eigenvalue weighted by Crippen LogP contribution is 2.28. The van der Waals surface area contributed by atoms with Crippen LogP contribution in [-0.4, -0.2) is 53.1 Å². The van der Waals surface area contributed by atoms with Gasteiger partial charge in [0.2, 0.25) is 0 Å². The molecule has 1 fully saturated rings. The number of hydrogen-bond donors (Lipinski definition) is 2. The molecule has 5 rings (SSSR count). The van der Waals surface area contributed by atoms with Crippen molar-refractivity contribution in [3.8, 4) is 11.4 Å². The van der Waals surface area contributed by atoms with E-state index in [4.69, 9.17) is 0 Å². The van der Waals surface area contributed by atoms with Crippen molar-refractivity contribution in [3.63, 3.8) is 0 Å². The molecule has 0 amide bonds. The number of H-pyrrole nitrogens is 2. The lowest BCUT2D eigenvalue weighted by molar-refractivity contribution is 0.313. The summed E-state index contributed by atoms with van der Waals surface area (Å²) in [5.41, 5.74) is 3.95. The highest BCUT2D eigenvalue weighted by atomic mass is 19.1. The van der Waals surface area contributed by atoms with Gasteiger partial charge in [0.25, 0.3) is 5.56 Å². The number of likely N-dealkylation sites (N-methyl/N-ethyl adjacent to an activating group) is 1. The summed E-state index contributed by atoms with van der Waals surface area (Å²) >= 11 is 0. The fourth-order valence-electron chi connectivity index (χ4n) is 4.15. The number of pyridine rings is 1. The third kappa shape index (κ3) is 2.98. The van der Waals surface area contributed by atoms with Crippen molar-refractivity contribution in [2.45, 2.75) is 6.92 Å². The fourth-order valence-corrected chi connectivity index (χ4v) is 4.15. The average molecular weight is 391 g/mol. The number of fused-ring (bicyclic) bond motifs is 2. The number of aromatic amines is 2. The highest BCUT2D eigenvalue weighted by molar-refractivity contribution is 5.89. The van der Waals surface area contributed by atoms with Gasteiger partial charge >= 0.3 is 0 Å². The van der Waals surface area contributed by atoms with Crippen molar-refractivity contribution in [1.29, 1.82) is 0 Å². The molecule has 0 radical (unpaired) electrons. The summed E-state index contributed by atoms with van der Waals surface area (Å²) in [6, 6.07) is 10.8. The van der Waals surface area contributed by atoms with E-state index in [2.05, 4.69) is 43.9 Å². The summed E-state index contributed by atoms with van der Waals surface area (Å²) in [5, 5.41) is 0.417. The third-order valence-corrected chi connectivity index (χ3v) is 5.81. The Morgan fingerprint density at radius 1 is 1.03 bits per heavy atom. The van der Waals surface area contributed by atoms with Gasteiger partial charge in [0.05, 0.1) is 22.1 Å². The van der Waals surface area contributed by atoms with E-state index in [1.807, 2.05) is 6.07 Å². The van der Waals surface area contributed by atoms with Crippen molar-refractivity contribution in [1.82, 2.24) is 19.9 Å². The van der Waals surface area contributed by atoms with Gasteiger partial charge in [0.1, 0.15) is 11.6 Å². The monoisotopic (exact) mass is 391 g/mol. The second kappa shape index (κ2) is 6.70. The van der Waals surface area contributed by atoms with Crippen molar-refractivity contribution >= 4 is 27.6 Å². The first kappa shape index (κ1) is 17.9. The molecule has 4 aromatic rings. The van der Waals surface area contributed by atoms with E-state index >= 15 is 0 Å². The first-order chi connectivity index (χ1) is 14.0. The van der Waals surface area contributed by atoms with E-state index in [1.165, 1.54) is 6.07 Å². The van der Waals surface area contributed by atoms with E-state index in [0.29, 0.717) is 27.9 Å². The van der Waals surface area contributed by atoms with Crippen LogP contribution in [0.5, 0.6) is 0 Å². The summed E-state index contributed by atoms with van der Waals surface area (Å²) in [5.74, 6) is 0.102. The Hall–Kier alpha value is -3.19. The number of rotatable bonds is 2. The summed E-state index contributed by atoms with van der Waals surface area (Å²) in [7, 11) is 2.13. The predicted octanol–water partition coefficient (Wildman–Crippen LogP) is 3.27. The molecule has 2 N–H and O–H groups in total. The summed E-state index contributed by atoms with van der Waals surface area (Å²) < 4.78 is 14.4. The van der Waals surface area contributed by atoms with Gasteiger partial charge in [-0.15, -0.1) is 0 Å². The van der Waals surface area contributed by atoms with Crippen molar-refractivity contribution in [3.05, 3.63) is 58.1 Å². The van der Waals surface area contributed by atoms with Gasteiger partial charge in [0, 0.05) is 37.3 Å². The van der Waals surface area contributed by atoms with Crippen molar-refractivity contribution < 1.29 is 4.39 Å². The second-order valence-corrected chi connectivity index (χ2v) is 7.69. The Kier molecular flexibility index (Phi) is 4.13. The lowest BCUT2D eigenvalue weighted by Crippen LogP contribution is -2.44. The zero-order chi connectivity index (χ0) is 20.1. The van der Waals surface area contributed by atoms with Gasteiger partial charge in [-0.05, 0) is 49.9 Å². The van der Waals surface area contributed by atoms with Crippen LogP contribution < -0.4 is 10.5 Å². The molecule has 6 nitrogen and oxygen atoms in total. The SMILES string of the molecule is Cc1c(-c2nc3ccc(N4CCN(C)CC4)cc3[nH]2)c(=O)[nH]c2cccc(F)c12. The standard InChI is InChI=1S/C22H22FN5O/c1-13-19-15(23)4-3-5-17(19)26-22(29)20(13)21-24-16-7-6-14(12-18(16)25-21)28-10-8-27(2)9-11-28/h3-7,12H,8-11H2,1-2H3,(H,24,25)(H,26,29). The van der Waals surface area contributed by atoms with Gasteiger partial charge in [-0.2, -0.15) is 0 Å². The van der Waals surface area contributed by atoms with E-state index < -0.39 is 0 Å². The van der Waals surface area contributed by atoms with Gasteiger partial charge in [-0.1, -0.05) is 6.07 Å². The molecule has 1 aliphatic heterocycles. The van der Waals surface area contributed by atoms with Crippen LogP contribution in [0.15, 0.2) is 41.2 Å². The number of anilines is 1. The lowest BCUT2D eigenvalue weighted by atomic mass is 10.0. The Bertz CT molecular complexity index is 1280. The molecule has 0 spiro atoms. The van der Waals surface area contributed by atoms with Gasteiger partial charge in [0.15, 0.2) is 0 Å². The molecule has 29 heavy (non-hydrogen) atoms. The Balaban J connectivity index is 1.61. The van der Waals surface area contributed by atoms with E-state index in [1.54, 1.807) is 19.1 Å². The Morgan fingerprint density at radius 3 is 2.62 bits per heavy atom. The number of halogens is 1. The highest BCUT2D eigenvalue weighted by Gasteiger charge is 2.18. The quantitative estimate of drug-likeness (QED) is 0.550. The van der Waals surface area contributed by atoms with Crippen LogP contribution in [0.3, 0.4) is 0 Å². The van der Waals surface area contributed by atoms with Gasteiger partial charge in [-0.3, -0.25) is 4.79 Å². The number of aryl methyl sites for hydroxylation is 1. The number of aromatic nitrogens is 3. The van der Waals surface area contributed by atoms with E-state index in [9.17, 15) is 9.18 Å². The summed E-state index contributed by atoms with van der Waals surface area (Å²) in [6.07, 6.45) is 0. The second-order valence-electron chi connectivity index (χ2n) is 7.69. The summed E-state index contributed by atoms with van der Waals surface area (Å²) in [4.78, 5) is 28.1. The normalized spacial score (nSPS) is 15.5. The minimum absolute atomic E-state index is 0.279. The number of nitrogens with zero attached hydrogens (tertiary/aromatic N) is 3. The molecule has 2 aromatic heterocycles. The molecule has 0 saturated carbocycles. The Morgan fingerprint density at radius 2 is 1.83 bits per heavy atom. The van der Waals surface area contributed by atoms with Crippen LogP contribution in [-0.2, 0) is 0 Å². The molecule has 2 aromatic carbocycles. The minimum Gasteiger partial charge on any atom is -0.369 e. The molecule has 0 unspecified atom stereocenters. The van der Waals surface area contributed by atoms with Crippen LogP contribution >= 0.6 is 0 Å². The number of nitrogens with one attached hydrogen (secondary N) is 2. The van der Waals surface area contributed by atoms with Crippen molar-refractivity contribution in [2.24, 2.45) is 0 Å². The maximum absolute atomic E-state index is 14.4. The Labute approximate surface area is 167 Å². The topological polar surface area (TPSA) is 68.0 Å². The van der Waals surface area contributed by atoms with E-state index in [-0.39, 0.29) is 11.4 Å². The lowest BCUT2D eigenvalue weighted by Gasteiger charge is -2.34. The number of piperazine rings is 1. The van der Waals surface area contributed by atoms with Gasteiger partial charge < -0.3 is 19.8 Å². The average Bonchev–Trinajstić information content (AvgIpc) is 3.11. The van der Waals surface area contributed by atoms with E-state index in [0.717, 1.165) is 42.9 Å². The molecule has 1 aliphatic rings. The zero-order valence-electron chi connectivity index (χ0n) is 16.4. The van der Waals surface area contributed by atoms with Crippen molar-refractivity contribution in [2.75, 3.05) is 38.1 Å². The smallest absolute Gasteiger partial charge is 0.259 e. The molecule has 7 heteroatoms. The minimum atomic E-state index is -0.356. The maximum Gasteiger partial charge on any atom is 0.259 e. The van der Waals surface area contributed by atoms with Crippen LogP contribution in [0.1, 0.15) is 5.56 Å². The molecular formula is C22H22FN5O. The zero-order valence-corrected chi connectivity index (χ0v) is 16.4. The number of benzene rings is 2. The van der Waals surface area contributed by atoms with Gasteiger partial charge in [-0.25, -0.2) is 9.37 Å². The maximum atomic E-state index is 14.4. The molecule has 0 bridgehead atoms. The molecular weight excluding hydrogens is 369 g/mol. The molecule has 0 aliphatic carbocycles. The molecule has 1 saturated heterocycles. The number of hydrogen-bond acceptors (Lipinski definition) is 4. The fraction of sp³-hybridized carbons (Fsp3) is 0.273. The third-order valence-electron chi connectivity index (χ3n) is 5.81. The molecule has 0 atom stereocenters. The van der Waals surface area contributed by atoms with Crippen LogP contribution in [0.4, 0.5) is 10.1 Å².